The van der Waals surface area contributed by atoms with E-state index in [1.807, 2.05) is 12.1 Å². The second-order valence-electron chi connectivity index (χ2n) is 5.47. The molecule has 4 rings (SSSR count). The van der Waals surface area contributed by atoms with Gasteiger partial charge in [-0.2, -0.15) is 0 Å². The largest absolute Gasteiger partial charge is 0.461 e. The lowest BCUT2D eigenvalue weighted by Gasteiger charge is -2.11. The van der Waals surface area contributed by atoms with Gasteiger partial charge in [0.05, 0.1) is 19.4 Å². The predicted octanol–water partition coefficient (Wildman–Crippen LogP) is 2.88. The Bertz CT molecular complexity index is 1180. The Labute approximate surface area is 145 Å². The van der Waals surface area contributed by atoms with Gasteiger partial charge in [-0.1, -0.05) is 12.1 Å². The Balaban J connectivity index is 2.13. The standard InChI is InChI=1S/C18H14N2O4S/c1-23-10-8-20-16(12-6-4-9-24-12)19-17-14(18(20)22)15(21)11-5-2-3-7-13(11)25-17/h2-7,9H,8,10H2,1H3. The highest BCUT2D eigenvalue weighted by atomic mass is 32.1. The lowest BCUT2D eigenvalue weighted by molar-refractivity contribution is 0.186. The third-order valence-electron chi connectivity index (χ3n) is 3.96. The summed E-state index contributed by atoms with van der Waals surface area (Å²) in [5, 5.41) is 0.637. The number of hydrogen-bond donors (Lipinski definition) is 0. The van der Waals surface area contributed by atoms with Crippen LogP contribution >= 0.6 is 11.3 Å². The number of methoxy groups -OCH3 is 1. The van der Waals surface area contributed by atoms with Crippen LogP contribution < -0.4 is 11.0 Å². The highest BCUT2D eigenvalue weighted by molar-refractivity contribution is 7.24. The number of aromatic nitrogens is 2. The lowest BCUT2D eigenvalue weighted by atomic mass is 10.2. The molecule has 0 saturated heterocycles. The Morgan fingerprint density at radius 1 is 1.20 bits per heavy atom. The maximum absolute atomic E-state index is 13.0. The maximum atomic E-state index is 13.0. The Kier molecular flexibility index (Phi) is 3.95. The van der Waals surface area contributed by atoms with Crippen molar-refractivity contribution in [2.45, 2.75) is 6.54 Å². The minimum absolute atomic E-state index is 0.107. The Morgan fingerprint density at radius 2 is 2.04 bits per heavy atom. The number of furan rings is 1. The molecule has 0 saturated carbocycles. The summed E-state index contributed by atoms with van der Waals surface area (Å²) in [5.41, 5.74) is -0.667. The SMILES string of the molecule is COCCn1c(-c2ccco2)nc2sc3ccccc3c(=O)c2c1=O. The fraction of sp³-hybridized carbons (Fsp3) is 0.167. The van der Waals surface area contributed by atoms with E-state index in [0.29, 0.717) is 28.4 Å². The number of ether oxygens (including phenoxy) is 1. The van der Waals surface area contributed by atoms with Crippen LogP contribution in [0.2, 0.25) is 0 Å². The third-order valence-corrected chi connectivity index (χ3v) is 5.03. The van der Waals surface area contributed by atoms with Crippen molar-refractivity contribution in [2.75, 3.05) is 13.7 Å². The molecule has 3 aromatic heterocycles. The molecular formula is C18H14N2O4S. The monoisotopic (exact) mass is 354 g/mol. The van der Waals surface area contributed by atoms with Crippen molar-refractivity contribution in [1.29, 1.82) is 0 Å². The van der Waals surface area contributed by atoms with E-state index in [0.717, 1.165) is 4.70 Å². The van der Waals surface area contributed by atoms with E-state index in [2.05, 4.69) is 4.98 Å². The van der Waals surface area contributed by atoms with Gasteiger partial charge in [-0.15, -0.1) is 11.3 Å². The number of rotatable bonds is 4. The minimum Gasteiger partial charge on any atom is -0.461 e. The average molecular weight is 354 g/mol. The summed E-state index contributed by atoms with van der Waals surface area (Å²) in [7, 11) is 1.56. The second kappa shape index (κ2) is 6.27. The van der Waals surface area contributed by atoms with E-state index in [1.54, 1.807) is 31.4 Å². The van der Waals surface area contributed by atoms with Gasteiger partial charge in [-0.05, 0) is 24.3 Å². The molecule has 4 aromatic rings. The smallest absolute Gasteiger partial charge is 0.266 e. The number of hydrogen-bond acceptors (Lipinski definition) is 6. The highest BCUT2D eigenvalue weighted by Crippen LogP contribution is 2.24. The van der Waals surface area contributed by atoms with Gasteiger partial charge < -0.3 is 9.15 Å². The zero-order chi connectivity index (χ0) is 17.4. The molecular weight excluding hydrogens is 340 g/mol. The molecule has 0 amide bonds. The molecule has 0 bridgehead atoms. The van der Waals surface area contributed by atoms with Crippen LogP contribution in [-0.2, 0) is 11.3 Å². The first kappa shape index (κ1) is 15.7. The molecule has 0 aliphatic rings. The van der Waals surface area contributed by atoms with Gasteiger partial charge in [-0.25, -0.2) is 4.98 Å². The number of benzene rings is 1. The molecule has 0 spiro atoms. The first-order valence-electron chi connectivity index (χ1n) is 7.70. The number of fused-ring (bicyclic) bond motifs is 2. The topological polar surface area (TPSA) is 74.3 Å². The molecule has 7 heteroatoms. The zero-order valence-electron chi connectivity index (χ0n) is 13.4. The fourth-order valence-corrected chi connectivity index (χ4v) is 3.81. The van der Waals surface area contributed by atoms with Gasteiger partial charge >= 0.3 is 0 Å². The van der Waals surface area contributed by atoms with Gasteiger partial charge in [0.15, 0.2) is 11.6 Å². The van der Waals surface area contributed by atoms with Crippen molar-refractivity contribution >= 4 is 31.6 Å². The van der Waals surface area contributed by atoms with Crippen molar-refractivity contribution in [3.63, 3.8) is 0 Å². The zero-order valence-corrected chi connectivity index (χ0v) is 14.2. The first-order valence-corrected chi connectivity index (χ1v) is 8.51. The predicted molar refractivity (Wildman–Crippen MR) is 97.2 cm³/mol. The summed E-state index contributed by atoms with van der Waals surface area (Å²) < 4.78 is 12.8. The summed E-state index contributed by atoms with van der Waals surface area (Å²) in [6.07, 6.45) is 1.52. The fourth-order valence-electron chi connectivity index (χ4n) is 2.77. The molecule has 1 aromatic carbocycles. The van der Waals surface area contributed by atoms with Gasteiger partial charge in [-0.3, -0.25) is 14.2 Å². The van der Waals surface area contributed by atoms with Crippen molar-refractivity contribution < 1.29 is 9.15 Å². The summed E-state index contributed by atoms with van der Waals surface area (Å²) in [6.45, 7) is 0.608. The molecule has 0 radical (unpaired) electrons. The van der Waals surface area contributed by atoms with E-state index < -0.39 is 0 Å². The quantitative estimate of drug-likeness (QED) is 0.527. The van der Waals surface area contributed by atoms with Gasteiger partial charge in [0, 0.05) is 17.2 Å². The summed E-state index contributed by atoms with van der Waals surface area (Å²) in [5.74, 6) is 0.869. The van der Waals surface area contributed by atoms with Crippen LogP contribution in [0.5, 0.6) is 0 Å². The van der Waals surface area contributed by atoms with Crippen LogP contribution in [-0.4, -0.2) is 23.3 Å². The number of nitrogens with zero attached hydrogens (tertiary/aromatic N) is 2. The summed E-state index contributed by atoms with van der Waals surface area (Å²) >= 11 is 1.33. The second-order valence-corrected chi connectivity index (χ2v) is 6.50. The van der Waals surface area contributed by atoms with Crippen molar-refractivity contribution in [1.82, 2.24) is 9.55 Å². The Morgan fingerprint density at radius 3 is 2.80 bits per heavy atom. The Hall–Kier alpha value is -2.77. The average Bonchev–Trinajstić information content (AvgIpc) is 3.15. The van der Waals surface area contributed by atoms with Crippen LogP contribution in [0.1, 0.15) is 0 Å². The molecule has 0 aliphatic heterocycles. The maximum Gasteiger partial charge on any atom is 0.266 e. The molecule has 0 unspecified atom stereocenters. The van der Waals surface area contributed by atoms with Crippen LogP contribution in [0, 0.1) is 0 Å². The van der Waals surface area contributed by atoms with Crippen molar-refractivity contribution in [3.8, 4) is 11.6 Å². The lowest BCUT2D eigenvalue weighted by Crippen LogP contribution is -2.28. The van der Waals surface area contributed by atoms with E-state index in [9.17, 15) is 9.59 Å². The van der Waals surface area contributed by atoms with E-state index >= 15 is 0 Å². The molecule has 6 nitrogen and oxygen atoms in total. The van der Waals surface area contributed by atoms with Crippen LogP contribution in [0.25, 0.3) is 31.9 Å². The van der Waals surface area contributed by atoms with Crippen molar-refractivity contribution in [3.05, 3.63) is 63.2 Å². The minimum atomic E-state index is -0.375. The van der Waals surface area contributed by atoms with Gasteiger partial charge in [0.2, 0.25) is 5.43 Å². The van der Waals surface area contributed by atoms with E-state index in [4.69, 9.17) is 9.15 Å². The molecule has 25 heavy (non-hydrogen) atoms. The molecule has 0 N–H and O–H groups in total. The third kappa shape index (κ3) is 2.57. The molecule has 3 heterocycles. The molecule has 126 valence electrons. The van der Waals surface area contributed by atoms with E-state index in [-0.39, 0.29) is 22.9 Å². The van der Waals surface area contributed by atoms with Gasteiger partial charge in [0.1, 0.15) is 10.2 Å². The molecule has 0 fully saturated rings. The molecule has 0 atom stereocenters. The molecule has 0 aliphatic carbocycles. The summed E-state index contributed by atoms with van der Waals surface area (Å²) in [4.78, 5) is 30.9. The normalized spacial score (nSPS) is 11.4. The van der Waals surface area contributed by atoms with Crippen LogP contribution in [0.15, 0.2) is 56.7 Å². The first-order chi connectivity index (χ1) is 12.2. The highest BCUT2D eigenvalue weighted by Gasteiger charge is 2.18. The van der Waals surface area contributed by atoms with Crippen LogP contribution in [0.3, 0.4) is 0 Å². The summed E-state index contributed by atoms with van der Waals surface area (Å²) in [6, 6.07) is 10.7. The van der Waals surface area contributed by atoms with Crippen LogP contribution in [0.4, 0.5) is 0 Å². The van der Waals surface area contributed by atoms with E-state index in [1.165, 1.54) is 22.2 Å². The van der Waals surface area contributed by atoms with Gasteiger partial charge in [0.25, 0.3) is 5.56 Å². The van der Waals surface area contributed by atoms with Crippen molar-refractivity contribution in [2.24, 2.45) is 0 Å².